The Morgan fingerprint density at radius 1 is 0.469 bits per heavy atom. The van der Waals surface area contributed by atoms with Gasteiger partial charge in [0.1, 0.15) is 128 Å². The van der Waals surface area contributed by atoms with Crippen LogP contribution in [-0.4, -0.2) is 315 Å². The Morgan fingerprint density at radius 3 is 1.60 bits per heavy atom. The summed E-state index contributed by atoms with van der Waals surface area (Å²) in [4.78, 5) is 15.3. The summed E-state index contributed by atoms with van der Waals surface area (Å²) < 4.78 is 71.8. The molecule has 0 unspecified atom stereocenters. The van der Waals surface area contributed by atoms with E-state index >= 15 is 4.79 Å². The lowest BCUT2D eigenvalue weighted by Gasteiger charge is -2.72. The molecule has 0 bridgehead atoms. The van der Waals surface area contributed by atoms with E-state index in [-0.39, 0.29) is 35.2 Å². The Labute approximate surface area is 556 Å². The molecule has 0 amide bonds. The number of fused-ring (bicyclic) bond motifs is 7. The van der Waals surface area contributed by atoms with E-state index in [2.05, 4.69) is 40.7 Å². The van der Waals surface area contributed by atoms with Gasteiger partial charge in [0.05, 0.1) is 56.8 Å². The first-order valence-electron chi connectivity index (χ1n) is 34.2. The number of hydrogen-bond acceptors (Lipinski definition) is 31. The van der Waals surface area contributed by atoms with Crippen molar-refractivity contribution in [3.05, 3.63) is 11.6 Å². The second kappa shape index (κ2) is 28.3. The molecule has 0 aromatic heterocycles. The molecule has 31 heteroatoms. The molecule has 0 spiro atoms. The summed E-state index contributed by atoms with van der Waals surface area (Å²) in [6.07, 6.45) is -40.1. The van der Waals surface area contributed by atoms with Crippen molar-refractivity contribution in [2.75, 3.05) is 33.0 Å². The van der Waals surface area contributed by atoms with Gasteiger partial charge in [0, 0.05) is 5.41 Å². The molecule has 31 nitrogen and oxygen atoms in total. The monoisotopic (exact) mass is 1380 g/mol. The maximum Gasteiger partial charge on any atom is 0.318 e. The van der Waals surface area contributed by atoms with Gasteiger partial charge in [0.25, 0.3) is 0 Å². The standard InChI is InChI=1S/C65H106O31/c1-25-36(69)41(74)46(79)54(87-25)94-51-30(21-67)90-53(50(83)45(51)78)85-22-31-39(72)44(77)49(82)57(91-31)96-59(84)65-17-15-60(3,4)19-28(65)27-9-10-34-61(5)13-12-35(62(6,24-68)33(61)11-14-64(34,8)63(27,7)16-18-65)93-58-52(95-55-47(80)42(75)37(70)26(2)88-55)40(73)32(23-86-58)92-56-48(81)43(76)38(71)29(20-66)89-56/h19,25-27,29-58,66-83H,9-18,20-24H2,1-8H3/t25-,26-,27+,29+,30+,31+,32-,33+,34+,35-,36-,37-,38+,39+,40-,41+,42+,43-,44-,45+,46+,47+,48+,49+,50+,51+,52+,53+,54-,55-,56-,57-,58-,61-,62-,63+,64+,65-/m0/s1. The molecule has 18 N–H and O–H groups in total. The van der Waals surface area contributed by atoms with Gasteiger partial charge in [-0.1, -0.05) is 53.2 Å². The van der Waals surface area contributed by atoms with Crippen LogP contribution in [-0.2, 0) is 61.6 Å². The molecule has 6 aliphatic heterocycles. The number of hydrogen-bond donors (Lipinski definition) is 18. The molecule has 11 aliphatic rings. The van der Waals surface area contributed by atoms with Crippen LogP contribution in [0.5, 0.6) is 0 Å². The Bertz CT molecular complexity index is 2690. The third-order valence-corrected chi connectivity index (χ3v) is 25.3. The van der Waals surface area contributed by atoms with Gasteiger partial charge >= 0.3 is 5.97 Å². The van der Waals surface area contributed by atoms with Gasteiger partial charge in [-0.05, 0) is 117 Å². The second-order valence-electron chi connectivity index (χ2n) is 31.2. The average molecular weight is 1380 g/mol. The van der Waals surface area contributed by atoms with Crippen LogP contribution in [0, 0.1) is 50.2 Å². The van der Waals surface area contributed by atoms with Crippen molar-refractivity contribution in [3.63, 3.8) is 0 Å². The van der Waals surface area contributed by atoms with Crippen LogP contribution >= 0.6 is 0 Å². The van der Waals surface area contributed by atoms with Crippen molar-refractivity contribution in [1.29, 1.82) is 0 Å². The summed E-state index contributed by atoms with van der Waals surface area (Å²) in [6, 6.07) is 0. The first kappa shape index (κ1) is 75.2. The van der Waals surface area contributed by atoms with E-state index in [4.69, 9.17) is 56.8 Å². The molecule has 10 fully saturated rings. The summed E-state index contributed by atoms with van der Waals surface area (Å²) in [5, 5.41) is 196. The fraction of sp³-hybridized carbons (Fsp3) is 0.954. The van der Waals surface area contributed by atoms with E-state index in [1.165, 1.54) is 13.8 Å². The smallest absolute Gasteiger partial charge is 0.318 e. The van der Waals surface area contributed by atoms with Crippen LogP contribution in [0.25, 0.3) is 0 Å². The minimum Gasteiger partial charge on any atom is -0.432 e. The van der Waals surface area contributed by atoms with Crippen molar-refractivity contribution >= 4 is 5.97 Å². The Morgan fingerprint density at radius 2 is 1.00 bits per heavy atom. The number of rotatable bonds is 16. The highest BCUT2D eigenvalue weighted by Gasteiger charge is 2.71. The molecule has 11 rings (SSSR count). The minimum atomic E-state index is -1.93. The van der Waals surface area contributed by atoms with Gasteiger partial charge in [0.2, 0.25) is 6.29 Å². The number of aliphatic hydroxyl groups is 18. The summed E-state index contributed by atoms with van der Waals surface area (Å²) in [7, 11) is 0. The lowest BCUT2D eigenvalue weighted by molar-refractivity contribution is -0.382. The highest BCUT2D eigenvalue weighted by atomic mass is 16.8. The van der Waals surface area contributed by atoms with Gasteiger partial charge in [-0.15, -0.1) is 0 Å². The summed E-state index contributed by atoms with van der Waals surface area (Å²) in [6.45, 7) is 13.1. The number of ether oxygens (including phenoxy) is 12. The molecule has 0 radical (unpaired) electrons. The third kappa shape index (κ3) is 12.8. The molecule has 0 aromatic carbocycles. The van der Waals surface area contributed by atoms with E-state index in [1.54, 1.807) is 0 Å². The first-order chi connectivity index (χ1) is 45.1. The molecule has 96 heavy (non-hydrogen) atoms. The zero-order valence-corrected chi connectivity index (χ0v) is 55.6. The molecule has 4 saturated carbocycles. The maximum absolute atomic E-state index is 15.3. The number of aliphatic hydroxyl groups excluding tert-OH is 18. The number of esters is 1. The highest BCUT2D eigenvalue weighted by Crippen LogP contribution is 2.77. The van der Waals surface area contributed by atoms with Crippen LogP contribution in [0.1, 0.15) is 120 Å². The molecular formula is C65H106O31. The van der Waals surface area contributed by atoms with Crippen molar-refractivity contribution < 1.29 is 154 Å². The van der Waals surface area contributed by atoms with Crippen LogP contribution in [0.2, 0.25) is 0 Å². The van der Waals surface area contributed by atoms with Gasteiger partial charge in [0.15, 0.2) is 31.5 Å². The second-order valence-corrected chi connectivity index (χ2v) is 31.2. The summed E-state index contributed by atoms with van der Waals surface area (Å²) in [5.74, 6) is -0.857. The topological polar surface area (TPSA) is 492 Å². The average Bonchev–Trinajstić information content (AvgIpc) is 0.675. The Hall–Kier alpha value is -1.95. The Balaban J connectivity index is 0.777. The first-order valence-corrected chi connectivity index (χ1v) is 34.2. The van der Waals surface area contributed by atoms with Crippen molar-refractivity contribution in [1.82, 2.24) is 0 Å². The summed E-state index contributed by atoms with van der Waals surface area (Å²) >= 11 is 0. The number of allylic oxidation sites excluding steroid dienone is 1. The third-order valence-electron chi connectivity index (χ3n) is 25.3. The van der Waals surface area contributed by atoms with E-state index in [9.17, 15) is 91.9 Å². The quantitative estimate of drug-likeness (QED) is 0.0392. The van der Waals surface area contributed by atoms with Gasteiger partial charge < -0.3 is 149 Å². The van der Waals surface area contributed by atoms with Crippen LogP contribution < -0.4 is 0 Å². The number of carbonyl (C=O) groups is 1. The van der Waals surface area contributed by atoms with E-state index < -0.39 is 238 Å². The minimum absolute atomic E-state index is 0.0943. The zero-order chi connectivity index (χ0) is 70.0. The van der Waals surface area contributed by atoms with Crippen molar-refractivity contribution in [2.24, 2.45) is 50.2 Å². The lowest BCUT2D eigenvalue weighted by atomic mass is 9.32. The van der Waals surface area contributed by atoms with E-state index in [0.717, 1.165) is 18.4 Å². The Kier molecular flexibility index (Phi) is 22.1. The molecule has 38 atom stereocenters. The zero-order valence-electron chi connectivity index (χ0n) is 55.6. The molecule has 5 aliphatic carbocycles. The van der Waals surface area contributed by atoms with Gasteiger partial charge in [-0.2, -0.15) is 0 Å². The highest BCUT2D eigenvalue weighted by molar-refractivity contribution is 5.82. The van der Waals surface area contributed by atoms with Crippen molar-refractivity contribution in [2.45, 2.75) is 304 Å². The van der Waals surface area contributed by atoms with Crippen molar-refractivity contribution in [3.8, 4) is 0 Å². The molecular weight excluding hydrogens is 1280 g/mol. The largest absolute Gasteiger partial charge is 0.432 e. The predicted octanol–water partition coefficient (Wildman–Crippen LogP) is -4.72. The molecule has 0 aromatic rings. The van der Waals surface area contributed by atoms with Crippen LogP contribution in [0.3, 0.4) is 0 Å². The number of carbonyl (C=O) groups excluding carboxylic acids is 1. The summed E-state index contributed by atoms with van der Waals surface area (Å²) in [5.41, 5.74) is -2.67. The molecule has 6 heterocycles. The van der Waals surface area contributed by atoms with Crippen LogP contribution in [0.4, 0.5) is 0 Å². The van der Waals surface area contributed by atoms with E-state index in [1.807, 2.05) is 6.92 Å². The normalized spacial score (nSPS) is 55.1. The SMILES string of the molecule is C[C@@H]1O[C@@H](O[C@H]2[C@H](O[C@H]3CC[C@@]4(C)[C@@H](CC[C@]5(C)[C@@H]4CC[C@@H]4C6=CC(C)(C)CC[C@]6(C(=O)O[C@@H]6O[C@H](CO[C@@H]7O[C@H](CO)[C@@H](O[C@@H]8O[C@@H](C)[C@H](O)[C@@H](O)[C@H]8O)[C@H](O)[C@H]7O)[C@@H](O)[C@H](O)[C@H]6O)CC[C@]45C)[C@]3(C)CO)OC[C@H](O[C@@H]3O[C@H](CO)[C@@H](O)[C@H](O)[C@H]3O)[C@@H]2O)[C@H](O)[C@H](O)[C@H]1O. The fourth-order valence-electron chi connectivity index (χ4n) is 19.1. The fourth-order valence-corrected chi connectivity index (χ4v) is 19.1. The van der Waals surface area contributed by atoms with Gasteiger partial charge in [-0.3, -0.25) is 4.79 Å². The van der Waals surface area contributed by atoms with Gasteiger partial charge in [-0.25, -0.2) is 0 Å². The molecule has 6 saturated heterocycles. The maximum atomic E-state index is 15.3. The lowest BCUT2D eigenvalue weighted by Crippen LogP contribution is -2.68. The predicted molar refractivity (Wildman–Crippen MR) is 321 cm³/mol. The van der Waals surface area contributed by atoms with E-state index in [0.29, 0.717) is 51.4 Å². The van der Waals surface area contributed by atoms with Crippen LogP contribution in [0.15, 0.2) is 11.6 Å². The molecule has 552 valence electrons.